The third kappa shape index (κ3) is 12.3. The fourth-order valence-electron chi connectivity index (χ4n) is 7.27. The normalized spacial score (nSPS) is 11.8. The van der Waals surface area contributed by atoms with Gasteiger partial charge in [0.2, 0.25) is 0 Å². The van der Waals surface area contributed by atoms with Gasteiger partial charge in [-0.2, -0.15) is 0 Å². The predicted molar refractivity (Wildman–Crippen MR) is 230 cm³/mol. The summed E-state index contributed by atoms with van der Waals surface area (Å²) in [5, 5.41) is 9.66. The number of amides is 8. The Morgan fingerprint density at radius 2 is 0.733 bits per heavy atom. The maximum Gasteiger partial charge on any atom is 0.323 e. The summed E-state index contributed by atoms with van der Waals surface area (Å²) in [6.45, 7) is 10.5. The number of para-hydroxylation sites is 2. The van der Waals surface area contributed by atoms with Crippen molar-refractivity contribution in [3.63, 3.8) is 0 Å². The molecule has 5 rings (SSSR count). The van der Waals surface area contributed by atoms with Crippen molar-refractivity contribution >= 4 is 24.1 Å². The highest BCUT2D eigenvalue weighted by atomic mass is 16.5. The highest BCUT2D eigenvalue weighted by Gasteiger charge is 2.23. The van der Waals surface area contributed by atoms with Crippen molar-refractivity contribution in [3.05, 3.63) is 116 Å². The first-order chi connectivity index (χ1) is 29.0. The average Bonchev–Trinajstić information content (AvgIpc) is 3.20. The van der Waals surface area contributed by atoms with Gasteiger partial charge < -0.3 is 41.0 Å². The summed E-state index contributed by atoms with van der Waals surface area (Å²) < 4.78 is 26.5. The van der Waals surface area contributed by atoms with E-state index in [9.17, 15) is 19.2 Å². The quantitative estimate of drug-likeness (QED) is 0.0595. The Kier molecular flexibility index (Phi) is 16.4. The molecule has 0 unspecified atom stereocenters. The number of hydrogen-bond acceptors (Lipinski definition) is 8. The van der Waals surface area contributed by atoms with Gasteiger partial charge in [-0.05, 0) is 106 Å². The minimum atomic E-state index is -0.944. The van der Waals surface area contributed by atoms with Crippen molar-refractivity contribution in [1.82, 2.24) is 21.3 Å². The van der Waals surface area contributed by atoms with Crippen LogP contribution >= 0.6 is 0 Å². The number of nitrogens with two attached hydrogens (primary N) is 2. The van der Waals surface area contributed by atoms with E-state index < -0.39 is 24.1 Å². The van der Waals surface area contributed by atoms with E-state index in [0.29, 0.717) is 52.1 Å². The molecule has 8 N–H and O–H groups in total. The van der Waals surface area contributed by atoms with Gasteiger partial charge in [-0.1, -0.05) is 64.1 Å². The molecule has 0 saturated heterocycles. The van der Waals surface area contributed by atoms with Gasteiger partial charge in [0.25, 0.3) is 0 Å². The van der Waals surface area contributed by atoms with Gasteiger partial charge in [0.05, 0.1) is 26.4 Å². The molecule has 0 aliphatic heterocycles. The van der Waals surface area contributed by atoms with Gasteiger partial charge in [0, 0.05) is 38.8 Å². The number of primary amides is 2. The van der Waals surface area contributed by atoms with Crippen LogP contribution in [0.3, 0.4) is 0 Å². The van der Waals surface area contributed by atoms with Crippen molar-refractivity contribution in [3.8, 4) is 23.0 Å². The summed E-state index contributed by atoms with van der Waals surface area (Å²) >= 11 is 0. The van der Waals surface area contributed by atoms with E-state index in [1.54, 1.807) is 0 Å². The van der Waals surface area contributed by atoms with Crippen LogP contribution in [0.5, 0.6) is 23.0 Å². The number of hydrogen-bond donors (Lipinski definition) is 6. The lowest BCUT2D eigenvalue weighted by molar-refractivity contribution is 0.229. The lowest BCUT2D eigenvalue weighted by atomic mass is 9.89. The first-order valence-corrected chi connectivity index (χ1v) is 20.7. The van der Waals surface area contributed by atoms with Crippen molar-refractivity contribution in [1.29, 1.82) is 0 Å². The summed E-state index contributed by atoms with van der Waals surface area (Å²) in [4.78, 5) is 47.8. The molecule has 0 spiro atoms. The van der Waals surface area contributed by atoms with Crippen molar-refractivity contribution in [2.45, 2.75) is 92.2 Å². The molecule has 8 bridgehead atoms. The molecular formula is C46H58N6O8. The molecule has 0 radical (unpaired) electrons. The number of fused-ring (bicyclic) bond motifs is 8. The lowest BCUT2D eigenvalue weighted by Gasteiger charge is -2.24. The number of carbonyl (C=O) groups excluding carboxylic acids is 4. The Bertz CT molecular complexity index is 1910. The zero-order valence-electron chi connectivity index (χ0n) is 35.1. The summed E-state index contributed by atoms with van der Waals surface area (Å²) in [5.74, 6) is 3.02. The summed E-state index contributed by atoms with van der Waals surface area (Å²) in [5.41, 5.74) is 19.5. The third-order valence-electron chi connectivity index (χ3n) is 9.67. The van der Waals surface area contributed by atoms with Gasteiger partial charge in [-0.15, -0.1) is 0 Å². The molecule has 14 nitrogen and oxygen atoms in total. The van der Waals surface area contributed by atoms with Crippen LogP contribution in [0.25, 0.3) is 0 Å². The molecule has 0 saturated carbocycles. The smallest absolute Gasteiger partial charge is 0.323 e. The Labute approximate surface area is 352 Å². The van der Waals surface area contributed by atoms with Crippen LogP contribution in [0, 0.1) is 0 Å². The molecule has 1 aliphatic carbocycles. The van der Waals surface area contributed by atoms with Crippen molar-refractivity contribution in [2.75, 3.05) is 26.4 Å². The predicted octanol–water partition coefficient (Wildman–Crippen LogP) is 7.27. The number of ether oxygens (including phenoxy) is 4. The Balaban J connectivity index is 1.78. The van der Waals surface area contributed by atoms with E-state index >= 15 is 0 Å². The van der Waals surface area contributed by atoms with Gasteiger partial charge in [-0.3, -0.25) is 10.6 Å². The van der Waals surface area contributed by atoms with E-state index in [0.717, 1.165) is 104 Å². The second-order valence-corrected chi connectivity index (χ2v) is 14.7. The van der Waals surface area contributed by atoms with Crippen LogP contribution in [0.4, 0.5) is 19.2 Å². The molecule has 4 aromatic carbocycles. The molecule has 0 fully saturated rings. The first kappa shape index (κ1) is 44.7. The van der Waals surface area contributed by atoms with Crippen molar-refractivity contribution in [2.24, 2.45) is 11.5 Å². The van der Waals surface area contributed by atoms with Gasteiger partial charge >= 0.3 is 24.1 Å². The van der Waals surface area contributed by atoms with Crippen LogP contribution in [0.15, 0.2) is 60.7 Å². The van der Waals surface area contributed by atoms with Gasteiger partial charge in [-0.25, -0.2) is 19.2 Å². The number of benzene rings is 4. The number of rotatable bonds is 16. The molecule has 4 aromatic rings. The van der Waals surface area contributed by atoms with Crippen LogP contribution < -0.4 is 51.7 Å². The molecule has 320 valence electrons. The van der Waals surface area contributed by atoms with Crippen LogP contribution in [-0.2, 0) is 38.8 Å². The van der Waals surface area contributed by atoms with Crippen LogP contribution in [0.1, 0.15) is 109 Å². The number of carbonyl (C=O) groups is 4. The van der Waals surface area contributed by atoms with E-state index in [1.165, 1.54) is 0 Å². The van der Waals surface area contributed by atoms with E-state index in [1.807, 2.05) is 36.4 Å². The first-order valence-electron chi connectivity index (χ1n) is 20.7. The molecule has 8 amide bonds. The molecular weight excluding hydrogens is 765 g/mol. The molecule has 0 atom stereocenters. The minimum Gasteiger partial charge on any atom is -0.493 e. The summed E-state index contributed by atoms with van der Waals surface area (Å²) in [7, 11) is 0. The minimum absolute atomic E-state index is 0.127. The standard InChI is InChI=1S/C46H58N6O8/c1-5-15-57-39-31-11-9-12-32(39)24-36-20-30(28-50-46(56)52-44(48)54)22-38(42(36)60-18-8-4)26-34-14-10-13-33(40(34)58-16-6-2)25-37-21-29(27-49-45(55)51-43(47)53)19-35(23-31)41(37)59-17-7-3/h9-14,19-22H,5-8,15-18,23-28H2,1-4H3,(H4,47,49,51,53,55)(H4,48,50,52,54,56). The third-order valence-corrected chi connectivity index (χ3v) is 9.67. The Hall–Kier alpha value is -6.44. The SMILES string of the molecule is CCCOc1c2cccc1Cc1cc(CNC(=O)NC(N)=O)cc(c1OCCC)Cc1cccc(c1OCCC)Cc1cc(CNC(=O)NC(N)=O)cc(c1OCCC)C2. The maximum absolute atomic E-state index is 12.5. The van der Waals surface area contributed by atoms with E-state index in [-0.39, 0.29) is 13.1 Å². The largest absolute Gasteiger partial charge is 0.493 e. The zero-order valence-corrected chi connectivity index (χ0v) is 35.1. The molecule has 0 aromatic heterocycles. The second kappa shape index (κ2) is 22.1. The Morgan fingerprint density at radius 1 is 0.467 bits per heavy atom. The maximum atomic E-state index is 12.5. The summed E-state index contributed by atoms with van der Waals surface area (Å²) in [6, 6.07) is 17.1. The molecule has 14 heteroatoms. The second-order valence-electron chi connectivity index (χ2n) is 14.7. The average molecular weight is 823 g/mol. The highest BCUT2D eigenvalue weighted by Crippen LogP contribution is 2.40. The zero-order chi connectivity index (χ0) is 43.0. The van der Waals surface area contributed by atoms with Crippen LogP contribution in [0.2, 0.25) is 0 Å². The molecule has 0 heterocycles. The lowest BCUT2D eigenvalue weighted by Crippen LogP contribution is -2.41. The summed E-state index contributed by atoms with van der Waals surface area (Å²) in [6.07, 6.45) is 4.97. The van der Waals surface area contributed by atoms with E-state index in [4.69, 9.17) is 30.4 Å². The monoisotopic (exact) mass is 822 g/mol. The highest BCUT2D eigenvalue weighted by molar-refractivity contribution is 5.93. The van der Waals surface area contributed by atoms with Gasteiger partial charge in [0.15, 0.2) is 0 Å². The topological polar surface area (TPSA) is 205 Å². The number of urea groups is 4. The number of nitrogens with one attached hydrogen (secondary N) is 4. The van der Waals surface area contributed by atoms with Crippen molar-refractivity contribution < 1.29 is 38.1 Å². The number of imide groups is 2. The van der Waals surface area contributed by atoms with Crippen LogP contribution in [-0.4, -0.2) is 50.6 Å². The Morgan fingerprint density at radius 3 is 0.983 bits per heavy atom. The van der Waals surface area contributed by atoms with E-state index in [2.05, 4.69) is 73.2 Å². The fourth-order valence-corrected chi connectivity index (χ4v) is 7.27. The molecule has 60 heavy (non-hydrogen) atoms. The molecule has 1 aliphatic rings. The fraction of sp³-hybridized carbons (Fsp3) is 0.391. The van der Waals surface area contributed by atoms with Gasteiger partial charge in [0.1, 0.15) is 23.0 Å².